The summed E-state index contributed by atoms with van der Waals surface area (Å²) in [5.41, 5.74) is 1.17. The Balaban J connectivity index is 2.26. The molecule has 0 aromatic heterocycles. The van der Waals surface area contributed by atoms with Crippen LogP contribution in [-0.2, 0) is 11.2 Å². The molecule has 0 aliphatic heterocycles. The summed E-state index contributed by atoms with van der Waals surface area (Å²) < 4.78 is 10.1. The zero-order valence-corrected chi connectivity index (χ0v) is 10.5. The summed E-state index contributed by atoms with van der Waals surface area (Å²) in [6.45, 7) is 1.71. The second-order valence-electron chi connectivity index (χ2n) is 3.88. The molecule has 4 heteroatoms. The molecular formula is C13H21NO3. The Morgan fingerprint density at radius 1 is 1.29 bits per heavy atom. The lowest BCUT2D eigenvalue weighted by Crippen LogP contribution is -2.31. The van der Waals surface area contributed by atoms with E-state index >= 15 is 0 Å². The third kappa shape index (κ3) is 5.17. The van der Waals surface area contributed by atoms with Crippen molar-refractivity contribution in [3.8, 4) is 5.75 Å². The summed E-state index contributed by atoms with van der Waals surface area (Å²) in [6, 6.07) is 7.96. The third-order valence-electron chi connectivity index (χ3n) is 2.50. The maximum absolute atomic E-state index is 9.43. The standard InChI is InChI=1S/C13H21NO3/c1-16-10-12(15)9-14-8-7-11-5-3-4-6-13(11)17-2/h3-6,12,14-15H,7-10H2,1-2H3. The fourth-order valence-corrected chi connectivity index (χ4v) is 1.65. The lowest BCUT2D eigenvalue weighted by Gasteiger charge is -2.11. The highest BCUT2D eigenvalue weighted by Crippen LogP contribution is 2.17. The van der Waals surface area contributed by atoms with Gasteiger partial charge in [-0.05, 0) is 24.6 Å². The number of hydrogen-bond acceptors (Lipinski definition) is 4. The molecule has 96 valence electrons. The smallest absolute Gasteiger partial charge is 0.122 e. The minimum Gasteiger partial charge on any atom is -0.496 e. The minimum atomic E-state index is -0.447. The van der Waals surface area contributed by atoms with E-state index in [1.165, 1.54) is 5.56 Å². The minimum absolute atomic E-state index is 0.363. The van der Waals surface area contributed by atoms with Crippen LogP contribution in [0.1, 0.15) is 5.56 Å². The van der Waals surface area contributed by atoms with Crippen molar-refractivity contribution in [2.45, 2.75) is 12.5 Å². The number of methoxy groups -OCH3 is 2. The first-order chi connectivity index (χ1) is 8.27. The van der Waals surface area contributed by atoms with Gasteiger partial charge in [-0.25, -0.2) is 0 Å². The molecule has 0 saturated heterocycles. The van der Waals surface area contributed by atoms with E-state index in [-0.39, 0.29) is 0 Å². The van der Waals surface area contributed by atoms with E-state index in [0.29, 0.717) is 13.2 Å². The molecule has 0 spiro atoms. The summed E-state index contributed by atoms with van der Waals surface area (Å²) in [6.07, 6.45) is 0.432. The molecule has 0 fully saturated rings. The van der Waals surface area contributed by atoms with Gasteiger partial charge < -0.3 is 19.9 Å². The van der Waals surface area contributed by atoms with E-state index in [1.54, 1.807) is 14.2 Å². The van der Waals surface area contributed by atoms with Gasteiger partial charge in [0.2, 0.25) is 0 Å². The lowest BCUT2D eigenvalue weighted by molar-refractivity contribution is 0.0648. The molecule has 0 bridgehead atoms. The van der Waals surface area contributed by atoms with Crippen molar-refractivity contribution >= 4 is 0 Å². The van der Waals surface area contributed by atoms with Gasteiger partial charge in [0.15, 0.2) is 0 Å². The van der Waals surface area contributed by atoms with Crippen molar-refractivity contribution in [2.24, 2.45) is 0 Å². The van der Waals surface area contributed by atoms with Gasteiger partial charge in [-0.15, -0.1) is 0 Å². The topological polar surface area (TPSA) is 50.7 Å². The Hall–Kier alpha value is -1.10. The summed E-state index contributed by atoms with van der Waals surface area (Å²) >= 11 is 0. The molecule has 2 N–H and O–H groups in total. The van der Waals surface area contributed by atoms with Crippen LogP contribution in [-0.4, -0.2) is 45.1 Å². The zero-order chi connectivity index (χ0) is 12.5. The number of hydrogen-bond donors (Lipinski definition) is 2. The van der Waals surface area contributed by atoms with Gasteiger partial charge in [-0.3, -0.25) is 0 Å². The van der Waals surface area contributed by atoms with Gasteiger partial charge in [0, 0.05) is 13.7 Å². The normalized spacial score (nSPS) is 12.4. The SMILES string of the molecule is COCC(O)CNCCc1ccccc1OC. The fraction of sp³-hybridized carbons (Fsp3) is 0.538. The first-order valence-corrected chi connectivity index (χ1v) is 5.77. The predicted octanol–water partition coefficient (Wildman–Crippen LogP) is 0.835. The average Bonchev–Trinajstić information content (AvgIpc) is 2.35. The molecule has 1 unspecified atom stereocenters. The van der Waals surface area contributed by atoms with Crippen LogP contribution in [0.25, 0.3) is 0 Å². The van der Waals surface area contributed by atoms with Crippen molar-refractivity contribution in [2.75, 3.05) is 33.9 Å². The van der Waals surface area contributed by atoms with Crippen LogP contribution in [0.4, 0.5) is 0 Å². The number of nitrogens with one attached hydrogen (secondary N) is 1. The monoisotopic (exact) mass is 239 g/mol. The molecule has 0 heterocycles. The molecule has 1 aromatic rings. The van der Waals surface area contributed by atoms with Crippen LogP contribution in [0.15, 0.2) is 24.3 Å². The van der Waals surface area contributed by atoms with Crippen LogP contribution in [0.2, 0.25) is 0 Å². The summed E-state index contributed by atoms with van der Waals surface area (Å²) in [4.78, 5) is 0. The molecular weight excluding hydrogens is 218 g/mol. The number of para-hydroxylation sites is 1. The van der Waals surface area contributed by atoms with Gasteiger partial charge >= 0.3 is 0 Å². The van der Waals surface area contributed by atoms with Crippen molar-refractivity contribution in [3.63, 3.8) is 0 Å². The van der Waals surface area contributed by atoms with E-state index in [4.69, 9.17) is 9.47 Å². The number of aliphatic hydroxyl groups excluding tert-OH is 1. The van der Waals surface area contributed by atoms with Crippen LogP contribution in [0, 0.1) is 0 Å². The molecule has 0 aliphatic carbocycles. The molecule has 1 rings (SSSR count). The van der Waals surface area contributed by atoms with Crippen molar-refractivity contribution < 1.29 is 14.6 Å². The van der Waals surface area contributed by atoms with E-state index < -0.39 is 6.10 Å². The molecule has 1 atom stereocenters. The number of benzene rings is 1. The third-order valence-corrected chi connectivity index (χ3v) is 2.50. The first kappa shape index (κ1) is 14.0. The van der Waals surface area contributed by atoms with Gasteiger partial charge in [0.25, 0.3) is 0 Å². The average molecular weight is 239 g/mol. The highest BCUT2D eigenvalue weighted by molar-refractivity contribution is 5.33. The van der Waals surface area contributed by atoms with E-state index in [0.717, 1.165) is 18.7 Å². The molecule has 0 amide bonds. The van der Waals surface area contributed by atoms with Crippen LogP contribution < -0.4 is 10.1 Å². The Morgan fingerprint density at radius 2 is 2.06 bits per heavy atom. The summed E-state index contributed by atoms with van der Waals surface area (Å²) in [5.74, 6) is 0.909. The molecule has 4 nitrogen and oxygen atoms in total. The van der Waals surface area contributed by atoms with Gasteiger partial charge in [-0.1, -0.05) is 18.2 Å². The highest BCUT2D eigenvalue weighted by Gasteiger charge is 2.03. The Kier molecular flexibility index (Phi) is 6.62. The predicted molar refractivity (Wildman–Crippen MR) is 67.5 cm³/mol. The van der Waals surface area contributed by atoms with Gasteiger partial charge in [0.05, 0.1) is 19.8 Å². The van der Waals surface area contributed by atoms with E-state index in [1.807, 2.05) is 24.3 Å². The van der Waals surface area contributed by atoms with Gasteiger partial charge in [0.1, 0.15) is 5.75 Å². The Labute approximate surface area is 103 Å². The highest BCUT2D eigenvalue weighted by atomic mass is 16.5. The second-order valence-corrected chi connectivity index (χ2v) is 3.88. The van der Waals surface area contributed by atoms with Crippen molar-refractivity contribution in [1.82, 2.24) is 5.32 Å². The lowest BCUT2D eigenvalue weighted by atomic mass is 10.1. The molecule has 1 aromatic carbocycles. The van der Waals surface area contributed by atoms with Crippen molar-refractivity contribution in [1.29, 1.82) is 0 Å². The maximum atomic E-state index is 9.43. The number of aliphatic hydroxyl groups is 1. The molecule has 17 heavy (non-hydrogen) atoms. The largest absolute Gasteiger partial charge is 0.496 e. The Morgan fingerprint density at radius 3 is 2.76 bits per heavy atom. The van der Waals surface area contributed by atoms with Crippen LogP contribution >= 0.6 is 0 Å². The fourth-order valence-electron chi connectivity index (χ4n) is 1.65. The number of rotatable bonds is 8. The first-order valence-electron chi connectivity index (χ1n) is 5.77. The van der Waals surface area contributed by atoms with Crippen LogP contribution in [0.3, 0.4) is 0 Å². The van der Waals surface area contributed by atoms with Gasteiger partial charge in [-0.2, -0.15) is 0 Å². The number of ether oxygens (including phenoxy) is 2. The molecule has 0 saturated carbocycles. The summed E-state index contributed by atoms with van der Waals surface area (Å²) in [5, 5.41) is 12.6. The molecule has 0 radical (unpaired) electrons. The van der Waals surface area contributed by atoms with E-state index in [2.05, 4.69) is 5.32 Å². The van der Waals surface area contributed by atoms with Crippen LogP contribution in [0.5, 0.6) is 5.75 Å². The van der Waals surface area contributed by atoms with E-state index in [9.17, 15) is 5.11 Å². The molecule has 0 aliphatic rings. The summed E-state index contributed by atoms with van der Waals surface area (Å²) in [7, 11) is 3.26. The quantitative estimate of drug-likeness (QED) is 0.660. The van der Waals surface area contributed by atoms with Crippen molar-refractivity contribution in [3.05, 3.63) is 29.8 Å². The maximum Gasteiger partial charge on any atom is 0.122 e. The second kappa shape index (κ2) is 8.06. The Bertz CT molecular complexity index is 317. The zero-order valence-electron chi connectivity index (χ0n) is 10.5.